The summed E-state index contributed by atoms with van der Waals surface area (Å²) in [4.78, 5) is 2.47. The number of nitrogens with two attached hydrogens (primary N) is 1. The van der Waals surface area contributed by atoms with Crippen molar-refractivity contribution in [1.29, 1.82) is 0 Å². The zero-order valence-electron chi connectivity index (χ0n) is 12.2. The predicted molar refractivity (Wildman–Crippen MR) is 80.4 cm³/mol. The third kappa shape index (κ3) is 4.13. The van der Waals surface area contributed by atoms with E-state index in [2.05, 4.69) is 24.1 Å². The van der Waals surface area contributed by atoms with Gasteiger partial charge in [-0.15, -0.1) is 0 Å². The topological polar surface area (TPSA) is 38.5 Å². The number of anilines is 1. The number of nitrogen functional groups attached to an aromatic ring is 1. The van der Waals surface area contributed by atoms with E-state index in [1.165, 1.54) is 44.1 Å². The van der Waals surface area contributed by atoms with Crippen LogP contribution in [0.5, 0.6) is 5.75 Å². The monoisotopic (exact) mass is 262 g/mol. The maximum absolute atomic E-state index is 5.92. The molecule has 3 heteroatoms. The van der Waals surface area contributed by atoms with Gasteiger partial charge in [0, 0.05) is 24.3 Å². The molecular weight excluding hydrogens is 236 g/mol. The van der Waals surface area contributed by atoms with Gasteiger partial charge in [0.15, 0.2) is 0 Å². The van der Waals surface area contributed by atoms with Crippen LogP contribution >= 0.6 is 0 Å². The molecule has 1 aromatic carbocycles. The zero-order valence-corrected chi connectivity index (χ0v) is 12.2. The highest BCUT2D eigenvalue weighted by atomic mass is 16.5. The molecule has 106 valence electrons. The summed E-state index contributed by atoms with van der Waals surface area (Å²) in [5.41, 5.74) is 7.94. The standard InChI is InChI=1S/C16H26N2O/c1-18(15-7-5-3-4-6-8-15)12-13-9-14(17)11-16(10-13)19-2/h9-11,15H,3-8,12,17H2,1-2H3. The number of benzene rings is 1. The molecular formula is C16H26N2O. The summed E-state index contributed by atoms with van der Waals surface area (Å²) >= 11 is 0. The van der Waals surface area contributed by atoms with Crippen LogP contribution in [0.25, 0.3) is 0 Å². The summed E-state index contributed by atoms with van der Waals surface area (Å²) in [6.45, 7) is 0.950. The smallest absolute Gasteiger partial charge is 0.121 e. The Kier molecular flexibility index (Phi) is 5.08. The minimum absolute atomic E-state index is 0.718. The molecule has 0 aliphatic heterocycles. The number of hydrogen-bond donors (Lipinski definition) is 1. The van der Waals surface area contributed by atoms with Crippen molar-refractivity contribution in [2.45, 2.75) is 51.1 Å². The fourth-order valence-electron chi connectivity index (χ4n) is 3.01. The SMILES string of the molecule is COc1cc(N)cc(CN(C)C2CCCCCC2)c1. The van der Waals surface area contributed by atoms with Crippen LogP contribution in [0.15, 0.2) is 18.2 Å². The van der Waals surface area contributed by atoms with Crippen molar-refractivity contribution >= 4 is 5.69 Å². The molecule has 0 spiro atoms. The first-order valence-corrected chi connectivity index (χ1v) is 7.32. The second-order valence-electron chi connectivity index (χ2n) is 5.67. The van der Waals surface area contributed by atoms with Gasteiger partial charge in [0.1, 0.15) is 5.75 Å². The summed E-state index contributed by atoms with van der Waals surface area (Å²) in [5.74, 6) is 0.851. The Morgan fingerprint density at radius 3 is 2.47 bits per heavy atom. The largest absolute Gasteiger partial charge is 0.497 e. The van der Waals surface area contributed by atoms with Crippen LogP contribution in [0.3, 0.4) is 0 Å². The molecule has 0 aromatic heterocycles. The number of methoxy groups -OCH3 is 1. The third-order valence-electron chi connectivity index (χ3n) is 4.10. The molecule has 0 saturated heterocycles. The van der Waals surface area contributed by atoms with Crippen molar-refractivity contribution in [3.05, 3.63) is 23.8 Å². The number of ether oxygens (including phenoxy) is 1. The summed E-state index contributed by atoms with van der Waals surface area (Å²) in [6.07, 6.45) is 8.20. The molecule has 0 bridgehead atoms. The van der Waals surface area contributed by atoms with Crippen LogP contribution in [-0.2, 0) is 6.54 Å². The van der Waals surface area contributed by atoms with Crippen molar-refractivity contribution in [3.63, 3.8) is 0 Å². The highest BCUT2D eigenvalue weighted by Crippen LogP contribution is 2.24. The summed E-state index contributed by atoms with van der Waals surface area (Å²) < 4.78 is 5.28. The summed E-state index contributed by atoms with van der Waals surface area (Å²) in [6, 6.07) is 6.73. The van der Waals surface area contributed by atoms with E-state index in [0.29, 0.717) is 0 Å². The van der Waals surface area contributed by atoms with Crippen LogP contribution in [0, 0.1) is 0 Å². The summed E-state index contributed by atoms with van der Waals surface area (Å²) in [7, 11) is 3.92. The average molecular weight is 262 g/mol. The Bertz CT molecular complexity index is 398. The molecule has 0 radical (unpaired) electrons. The van der Waals surface area contributed by atoms with E-state index < -0.39 is 0 Å². The molecule has 2 rings (SSSR count). The Labute approximate surface area is 116 Å². The molecule has 19 heavy (non-hydrogen) atoms. The van der Waals surface area contributed by atoms with Crippen LogP contribution in [0.1, 0.15) is 44.1 Å². The molecule has 1 fully saturated rings. The van der Waals surface area contributed by atoms with E-state index in [0.717, 1.165) is 24.0 Å². The molecule has 1 aromatic rings. The van der Waals surface area contributed by atoms with Gasteiger partial charge in [-0.1, -0.05) is 25.7 Å². The van der Waals surface area contributed by atoms with Gasteiger partial charge in [0.2, 0.25) is 0 Å². The molecule has 0 heterocycles. The number of rotatable bonds is 4. The fourth-order valence-corrected chi connectivity index (χ4v) is 3.01. The highest BCUT2D eigenvalue weighted by Gasteiger charge is 2.17. The molecule has 0 amide bonds. The second kappa shape index (κ2) is 6.80. The van der Waals surface area contributed by atoms with Crippen molar-refractivity contribution in [2.24, 2.45) is 0 Å². The zero-order chi connectivity index (χ0) is 13.7. The quantitative estimate of drug-likeness (QED) is 0.667. The molecule has 1 aliphatic rings. The summed E-state index contributed by atoms with van der Waals surface area (Å²) in [5, 5.41) is 0. The van der Waals surface area contributed by atoms with Gasteiger partial charge in [-0.05, 0) is 37.6 Å². The van der Waals surface area contributed by atoms with Crippen LogP contribution in [-0.4, -0.2) is 25.1 Å². The van der Waals surface area contributed by atoms with E-state index in [-0.39, 0.29) is 0 Å². The van der Waals surface area contributed by atoms with Crippen molar-refractivity contribution < 1.29 is 4.74 Å². The first kappa shape index (κ1) is 14.2. The Hall–Kier alpha value is -1.22. The van der Waals surface area contributed by atoms with E-state index >= 15 is 0 Å². The minimum atomic E-state index is 0.718. The molecule has 1 aliphatic carbocycles. The lowest BCUT2D eigenvalue weighted by Gasteiger charge is -2.27. The van der Waals surface area contributed by atoms with Gasteiger partial charge in [-0.2, -0.15) is 0 Å². The van der Waals surface area contributed by atoms with Crippen LogP contribution in [0.2, 0.25) is 0 Å². The van der Waals surface area contributed by atoms with Gasteiger partial charge in [-0.25, -0.2) is 0 Å². The first-order valence-electron chi connectivity index (χ1n) is 7.32. The van der Waals surface area contributed by atoms with E-state index in [9.17, 15) is 0 Å². The lowest BCUT2D eigenvalue weighted by molar-refractivity contribution is 0.213. The minimum Gasteiger partial charge on any atom is -0.497 e. The van der Waals surface area contributed by atoms with Crippen molar-refractivity contribution in [3.8, 4) is 5.75 Å². The lowest BCUT2D eigenvalue weighted by atomic mass is 10.1. The Balaban J connectivity index is 2.00. The van der Waals surface area contributed by atoms with Crippen LogP contribution in [0.4, 0.5) is 5.69 Å². The van der Waals surface area contributed by atoms with E-state index in [1.54, 1.807) is 7.11 Å². The maximum atomic E-state index is 5.92. The first-order chi connectivity index (χ1) is 9.19. The second-order valence-corrected chi connectivity index (χ2v) is 5.67. The Morgan fingerprint density at radius 2 is 1.84 bits per heavy atom. The van der Waals surface area contributed by atoms with Gasteiger partial charge in [0.25, 0.3) is 0 Å². The van der Waals surface area contributed by atoms with Gasteiger partial charge >= 0.3 is 0 Å². The van der Waals surface area contributed by atoms with E-state index in [4.69, 9.17) is 10.5 Å². The van der Waals surface area contributed by atoms with Gasteiger partial charge in [-0.3, -0.25) is 4.90 Å². The molecule has 2 N–H and O–H groups in total. The van der Waals surface area contributed by atoms with Crippen molar-refractivity contribution in [1.82, 2.24) is 4.90 Å². The fraction of sp³-hybridized carbons (Fsp3) is 0.625. The van der Waals surface area contributed by atoms with Crippen LogP contribution < -0.4 is 10.5 Å². The molecule has 0 unspecified atom stereocenters. The number of nitrogens with zero attached hydrogens (tertiary/aromatic N) is 1. The normalized spacial score (nSPS) is 17.4. The molecule has 1 saturated carbocycles. The average Bonchev–Trinajstić information content (AvgIpc) is 2.66. The van der Waals surface area contributed by atoms with E-state index in [1.807, 2.05) is 6.07 Å². The maximum Gasteiger partial charge on any atom is 0.121 e. The third-order valence-corrected chi connectivity index (χ3v) is 4.10. The molecule has 0 atom stereocenters. The number of hydrogen-bond acceptors (Lipinski definition) is 3. The predicted octanol–water partition coefficient (Wildman–Crippen LogP) is 3.43. The lowest BCUT2D eigenvalue weighted by Crippen LogP contribution is -2.30. The molecule has 3 nitrogen and oxygen atoms in total. The highest BCUT2D eigenvalue weighted by molar-refractivity contribution is 5.47. The Morgan fingerprint density at radius 1 is 1.16 bits per heavy atom. The van der Waals surface area contributed by atoms with Gasteiger partial charge < -0.3 is 10.5 Å². The van der Waals surface area contributed by atoms with Crippen molar-refractivity contribution in [2.75, 3.05) is 19.9 Å². The van der Waals surface area contributed by atoms with Gasteiger partial charge in [0.05, 0.1) is 7.11 Å².